The fraction of sp³-hybridized carbons (Fsp3) is 0. The molecule has 7 rings (SSSR count). The number of furan rings is 1. The second-order valence-corrected chi connectivity index (χ2v) is 8.41. The van der Waals surface area contributed by atoms with E-state index >= 15 is 4.39 Å². The van der Waals surface area contributed by atoms with Gasteiger partial charge in [-0.1, -0.05) is 66.7 Å². The summed E-state index contributed by atoms with van der Waals surface area (Å²) in [6, 6.07) is 34.7. The minimum Gasteiger partial charge on any atom is -0.455 e. The molecule has 0 radical (unpaired) electrons. The van der Waals surface area contributed by atoms with E-state index < -0.39 is 0 Å². The maximum atomic E-state index is 15.0. The standard InChI is InChI=1S/C30H18FN3O/c31-23-16-15-22(28-27(23)21-13-7-8-14-26(21)35-28)29-33-25-18-17-24(19-9-3-1-4-10-19)32-30(25)34(29)20-11-5-2-6-12-20/h1-18H. The summed E-state index contributed by atoms with van der Waals surface area (Å²) >= 11 is 0. The number of hydrogen-bond donors (Lipinski definition) is 0. The maximum absolute atomic E-state index is 15.0. The molecule has 0 N–H and O–H groups in total. The molecule has 0 aliphatic heterocycles. The van der Waals surface area contributed by atoms with Gasteiger partial charge in [0.2, 0.25) is 0 Å². The van der Waals surface area contributed by atoms with Crippen LogP contribution in [0, 0.1) is 5.82 Å². The summed E-state index contributed by atoms with van der Waals surface area (Å²) in [6.07, 6.45) is 0. The Bertz CT molecular complexity index is 1850. The van der Waals surface area contributed by atoms with Crippen LogP contribution in [0.5, 0.6) is 0 Å². The predicted molar refractivity (Wildman–Crippen MR) is 137 cm³/mol. The normalized spacial score (nSPS) is 11.6. The van der Waals surface area contributed by atoms with E-state index in [1.165, 1.54) is 6.07 Å². The Morgan fingerprint density at radius 1 is 0.686 bits per heavy atom. The molecule has 4 aromatic carbocycles. The number of aromatic nitrogens is 3. The molecule has 0 saturated heterocycles. The average molecular weight is 455 g/mol. The van der Waals surface area contributed by atoms with Crippen LogP contribution in [0.2, 0.25) is 0 Å². The van der Waals surface area contributed by atoms with Crippen molar-refractivity contribution in [1.82, 2.24) is 14.5 Å². The molecular formula is C30H18FN3O. The van der Waals surface area contributed by atoms with Crippen molar-refractivity contribution in [3.63, 3.8) is 0 Å². The van der Waals surface area contributed by atoms with E-state index in [0.717, 1.165) is 33.5 Å². The monoisotopic (exact) mass is 455 g/mol. The lowest BCUT2D eigenvalue weighted by molar-refractivity contribution is 0.634. The van der Waals surface area contributed by atoms with Crippen LogP contribution in [0.25, 0.3) is 61.4 Å². The summed E-state index contributed by atoms with van der Waals surface area (Å²) in [5, 5.41) is 1.21. The zero-order chi connectivity index (χ0) is 23.4. The van der Waals surface area contributed by atoms with Crippen LogP contribution in [0.1, 0.15) is 0 Å². The van der Waals surface area contributed by atoms with Gasteiger partial charge in [-0.05, 0) is 42.5 Å². The largest absolute Gasteiger partial charge is 0.455 e. The molecule has 4 nitrogen and oxygen atoms in total. The lowest BCUT2D eigenvalue weighted by Gasteiger charge is -2.10. The SMILES string of the molecule is Fc1ccc(-c2nc3ccc(-c4ccccc4)nc3n2-c2ccccc2)c2oc3ccccc3c12. The van der Waals surface area contributed by atoms with Crippen LogP contribution < -0.4 is 0 Å². The highest BCUT2D eigenvalue weighted by molar-refractivity contribution is 6.09. The molecule has 0 fully saturated rings. The lowest BCUT2D eigenvalue weighted by atomic mass is 10.1. The number of hydrogen-bond acceptors (Lipinski definition) is 3. The third-order valence-electron chi connectivity index (χ3n) is 6.30. The van der Waals surface area contributed by atoms with E-state index in [1.807, 2.05) is 102 Å². The smallest absolute Gasteiger partial charge is 0.165 e. The van der Waals surface area contributed by atoms with Gasteiger partial charge in [-0.2, -0.15) is 0 Å². The Hall–Kier alpha value is -4.77. The van der Waals surface area contributed by atoms with Crippen molar-refractivity contribution in [2.75, 3.05) is 0 Å². The van der Waals surface area contributed by atoms with E-state index in [1.54, 1.807) is 6.07 Å². The van der Waals surface area contributed by atoms with Crippen LogP contribution in [-0.4, -0.2) is 14.5 Å². The zero-order valence-corrected chi connectivity index (χ0v) is 18.5. The first-order valence-electron chi connectivity index (χ1n) is 11.4. The van der Waals surface area contributed by atoms with Crippen molar-refractivity contribution < 1.29 is 8.81 Å². The van der Waals surface area contributed by atoms with Gasteiger partial charge in [0.15, 0.2) is 11.5 Å². The fourth-order valence-corrected chi connectivity index (χ4v) is 4.69. The summed E-state index contributed by atoms with van der Waals surface area (Å²) in [5.41, 5.74) is 6.09. The first-order valence-corrected chi connectivity index (χ1v) is 11.4. The third-order valence-corrected chi connectivity index (χ3v) is 6.30. The molecule has 0 bridgehead atoms. The van der Waals surface area contributed by atoms with Gasteiger partial charge in [0.1, 0.15) is 22.5 Å². The minimum absolute atomic E-state index is 0.319. The molecule has 3 heterocycles. The second kappa shape index (κ2) is 7.64. The van der Waals surface area contributed by atoms with Gasteiger partial charge in [-0.25, -0.2) is 14.4 Å². The number of fused-ring (bicyclic) bond motifs is 4. The maximum Gasteiger partial charge on any atom is 0.165 e. The van der Waals surface area contributed by atoms with Gasteiger partial charge in [0, 0.05) is 16.6 Å². The molecule has 35 heavy (non-hydrogen) atoms. The van der Waals surface area contributed by atoms with E-state index in [-0.39, 0.29) is 5.82 Å². The highest BCUT2D eigenvalue weighted by atomic mass is 19.1. The number of halogens is 1. The van der Waals surface area contributed by atoms with Crippen LogP contribution in [-0.2, 0) is 0 Å². The summed E-state index contributed by atoms with van der Waals surface area (Å²) in [6.45, 7) is 0. The molecular weight excluding hydrogens is 437 g/mol. The molecule has 0 aliphatic rings. The minimum atomic E-state index is -0.319. The molecule has 5 heteroatoms. The van der Waals surface area contributed by atoms with Crippen molar-refractivity contribution in [2.45, 2.75) is 0 Å². The lowest BCUT2D eigenvalue weighted by Crippen LogP contribution is -1.99. The number of para-hydroxylation sites is 2. The van der Waals surface area contributed by atoms with E-state index in [4.69, 9.17) is 14.4 Å². The van der Waals surface area contributed by atoms with Gasteiger partial charge in [-0.3, -0.25) is 4.57 Å². The zero-order valence-electron chi connectivity index (χ0n) is 18.5. The summed E-state index contributed by atoms with van der Waals surface area (Å²) in [5.74, 6) is 0.327. The van der Waals surface area contributed by atoms with E-state index in [2.05, 4.69) is 0 Å². The van der Waals surface area contributed by atoms with Gasteiger partial charge < -0.3 is 4.42 Å². The van der Waals surface area contributed by atoms with Crippen molar-refractivity contribution >= 4 is 33.1 Å². The van der Waals surface area contributed by atoms with Crippen molar-refractivity contribution in [3.05, 3.63) is 115 Å². The van der Waals surface area contributed by atoms with Crippen LogP contribution in [0.15, 0.2) is 114 Å². The van der Waals surface area contributed by atoms with Gasteiger partial charge >= 0.3 is 0 Å². The number of pyridine rings is 1. The Morgan fingerprint density at radius 2 is 1.43 bits per heavy atom. The first-order chi connectivity index (χ1) is 17.3. The predicted octanol–water partition coefficient (Wildman–Crippen LogP) is 7.79. The number of imidazole rings is 1. The number of benzene rings is 4. The van der Waals surface area contributed by atoms with Crippen molar-refractivity contribution in [2.24, 2.45) is 0 Å². The molecule has 0 atom stereocenters. The Labute approximate surface area is 199 Å². The molecule has 166 valence electrons. The number of rotatable bonds is 3. The molecule has 0 unspecified atom stereocenters. The van der Waals surface area contributed by atoms with Crippen molar-refractivity contribution in [3.8, 4) is 28.3 Å². The molecule has 0 spiro atoms. The van der Waals surface area contributed by atoms with E-state index in [0.29, 0.717) is 27.9 Å². The van der Waals surface area contributed by atoms with Gasteiger partial charge in [0.05, 0.1) is 16.6 Å². The molecule has 7 aromatic rings. The van der Waals surface area contributed by atoms with Crippen LogP contribution in [0.3, 0.4) is 0 Å². The number of nitrogens with zero attached hydrogens (tertiary/aromatic N) is 3. The molecule has 3 aromatic heterocycles. The molecule has 0 aliphatic carbocycles. The topological polar surface area (TPSA) is 43.9 Å². The Balaban J connectivity index is 1.57. The Morgan fingerprint density at radius 3 is 2.26 bits per heavy atom. The molecule has 0 saturated carbocycles. The van der Waals surface area contributed by atoms with Gasteiger partial charge in [-0.15, -0.1) is 0 Å². The quantitative estimate of drug-likeness (QED) is 0.273. The fourth-order valence-electron chi connectivity index (χ4n) is 4.69. The third kappa shape index (κ3) is 3.05. The summed E-state index contributed by atoms with van der Waals surface area (Å²) in [4.78, 5) is 9.97. The van der Waals surface area contributed by atoms with E-state index in [9.17, 15) is 0 Å². The summed E-state index contributed by atoms with van der Waals surface area (Å²) in [7, 11) is 0. The second-order valence-electron chi connectivity index (χ2n) is 8.41. The molecule has 0 amide bonds. The average Bonchev–Trinajstić information content (AvgIpc) is 3.49. The summed E-state index contributed by atoms with van der Waals surface area (Å²) < 4.78 is 23.2. The van der Waals surface area contributed by atoms with Crippen LogP contribution in [0.4, 0.5) is 4.39 Å². The van der Waals surface area contributed by atoms with Crippen molar-refractivity contribution in [1.29, 1.82) is 0 Å². The Kier molecular flexibility index (Phi) is 4.29. The highest BCUT2D eigenvalue weighted by Crippen LogP contribution is 2.39. The van der Waals surface area contributed by atoms with Gasteiger partial charge in [0.25, 0.3) is 0 Å². The highest BCUT2D eigenvalue weighted by Gasteiger charge is 2.22. The first kappa shape index (κ1) is 19.7. The van der Waals surface area contributed by atoms with Crippen LogP contribution >= 0.6 is 0 Å².